The van der Waals surface area contributed by atoms with Crippen molar-refractivity contribution in [1.29, 1.82) is 0 Å². The predicted octanol–water partition coefficient (Wildman–Crippen LogP) is 0.418. The highest BCUT2D eigenvalue weighted by atomic mass is 16.6. The largest absolute Gasteiger partial charge is 0.370 e. The first-order chi connectivity index (χ1) is 6.35. The summed E-state index contributed by atoms with van der Waals surface area (Å²) in [6.45, 7) is 11.0. The summed E-state index contributed by atoms with van der Waals surface area (Å²) >= 11 is 0. The highest BCUT2D eigenvalue weighted by Crippen LogP contribution is 2.19. The van der Waals surface area contributed by atoms with Crippen molar-refractivity contribution in [1.82, 2.24) is 0 Å². The van der Waals surface area contributed by atoms with Crippen molar-refractivity contribution >= 4 is 0 Å². The zero-order valence-corrected chi connectivity index (χ0v) is 8.08. The van der Waals surface area contributed by atoms with E-state index in [1.807, 2.05) is 6.08 Å². The Balaban J connectivity index is 1.93. The summed E-state index contributed by atoms with van der Waals surface area (Å²) in [5, 5.41) is 0. The lowest BCUT2D eigenvalue weighted by Crippen LogP contribution is -2.56. The monoisotopic (exact) mass is 184 g/mol. The van der Waals surface area contributed by atoms with Crippen LogP contribution in [0.25, 0.3) is 0 Å². The van der Waals surface area contributed by atoms with Gasteiger partial charge in [0.2, 0.25) is 0 Å². The Morgan fingerprint density at radius 2 is 2.08 bits per heavy atom. The average molecular weight is 184 g/mol. The molecule has 2 rings (SSSR count). The van der Waals surface area contributed by atoms with Gasteiger partial charge in [0.05, 0.1) is 26.4 Å². The molecular formula is C10H18NO2+. The van der Waals surface area contributed by atoms with Crippen LogP contribution in [0.3, 0.4) is 0 Å². The molecule has 0 aromatic carbocycles. The second-order valence-electron chi connectivity index (χ2n) is 4.01. The number of quaternary nitrogens is 1. The van der Waals surface area contributed by atoms with Gasteiger partial charge in [-0.3, -0.25) is 0 Å². The third-order valence-electron chi connectivity index (χ3n) is 2.93. The lowest BCUT2D eigenvalue weighted by molar-refractivity contribution is -0.930. The molecule has 0 bridgehead atoms. The fourth-order valence-corrected chi connectivity index (χ4v) is 2.05. The van der Waals surface area contributed by atoms with Gasteiger partial charge in [-0.15, -0.1) is 0 Å². The van der Waals surface area contributed by atoms with Crippen LogP contribution >= 0.6 is 0 Å². The summed E-state index contributed by atoms with van der Waals surface area (Å²) in [5.74, 6) is 0. The second-order valence-corrected chi connectivity index (χ2v) is 4.01. The third-order valence-corrected chi connectivity index (χ3v) is 2.93. The van der Waals surface area contributed by atoms with E-state index in [4.69, 9.17) is 9.47 Å². The molecule has 2 aliphatic rings. The molecule has 2 aliphatic heterocycles. The molecule has 3 nitrogen and oxygen atoms in total. The molecular weight excluding hydrogens is 166 g/mol. The summed E-state index contributed by atoms with van der Waals surface area (Å²) in [7, 11) is 0. The van der Waals surface area contributed by atoms with E-state index in [2.05, 4.69) is 6.58 Å². The van der Waals surface area contributed by atoms with E-state index in [1.54, 1.807) is 0 Å². The molecule has 1 unspecified atom stereocenters. The SMILES string of the molecule is C=CC[N+]1(CC2CO2)CCOCC1. The number of epoxide rings is 1. The van der Waals surface area contributed by atoms with Crippen LogP contribution in [-0.2, 0) is 9.47 Å². The van der Waals surface area contributed by atoms with Gasteiger partial charge in [0.25, 0.3) is 0 Å². The molecule has 2 heterocycles. The minimum atomic E-state index is 0.512. The molecule has 0 N–H and O–H groups in total. The molecule has 0 aromatic rings. The predicted molar refractivity (Wildman–Crippen MR) is 50.5 cm³/mol. The van der Waals surface area contributed by atoms with Crippen LogP contribution in [0, 0.1) is 0 Å². The fourth-order valence-electron chi connectivity index (χ4n) is 2.05. The van der Waals surface area contributed by atoms with Gasteiger partial charge in [-0.05, 0) is 6.08 Å². The maximum Gasteiger partial charge on any atom is 0.130 e. The zero-order chi connectivity index (χ0) is 9.15. The Morgan fingerprint density at radius 1 is 1.38 bits per heavy atom. The molecule has 13 heavy (non-hydrogen) atoms. The minimum Gasteiger partial charge on any atom is -0.370 e. The number of morpholine rings is 1. The third kappa shape index (κ3) is 2.30. The molecule has 1 atom stereocenters. The highest BCUT2D eigenvalue weighted by Gasteiger charge is 2.37. The Morgan fingerprint density at radius 3 is 2.62 bits per heavy atom. The van der Waals surface area contributed by atoms with Crippen molar-refractivity contribution in [2.24, 2.45) is 0 Å². The maximum atomic E-state index is 5.38. The molecule has 0 saturated carbocycles. The Labute approximate surface area is 79.5 Å². The molecule has 2 fully saturated rings. The lowest BCUT2D eigenvalue weighted by atomic mass is 10.2. The summed E-state index contributed by atoms with van der Waals surface area (Å²) < 4.78 is 11.8. The van der Waals surface area contributed by atoms with Gasteiger partial charge in [0.15, 0.2) is 0 Å². The first-order valence-corrected chi connectivity index (χ1v) is 5.00. The maximum absolute atomic E-state index is 5.38. The first kappa shape index (κ1) is 9.19. The van der Waals surface area contributed by atoms with Gasteiger partial charge in [0, 0.05) is 0 Å². The number of rotatable bonds is 4. The summed E-state index contributed by atoms with van der Waals surface area (Å²) in [5.41, 5.74) is 0. The molecule has 0 aliphatic carbocycles. The number of hydrogen-bond donors (Lipinski definition) is 0. The molecule has 0 radical (unpaired) electrons. The van der Waals surface area contributed by atoms with Crippen molar-refractivity contribution in [3.8, 4) is 0 Å². The molecule has 0 aromatic heterocycles. The second kappa shape index (κ2) is 3.78. The summed E-state index contributed by atoms with van der Waals surface area (Å²) in [6.07, 6.45) is 2.53. The van der Waals surface area contributed by atoms with Crippen LogP contribution < -0.4 is 0 Å². The van der Waals surface area contributed by atoms with Crippen molar-refractivity contribution in [2.75, 3.05) is 46.0 Å². The Kier molecular flexibility index (Phi) is 2.67. The molecule has 3 heteroatoms. The van der Waals surface area contributed by atoms with Crippen LogP contribution in [-0.4, -0.2) is 56.6 Å². The summed E-state index contributed by atoms with van der Waals surface area (Å²) in [6, 6.07) is 0. The van der Waals surface area contributed by atoms with Crippen LogP contribution in [0.1, 0.15) is 0 Å². The van der Waals surface area contributed by atoms with E-state index in [-0.39, 0.29) is 0 Å². The van der Waals surface area contributed by atoms with Crippen molar-refractivity contribution in [2.45, 2.75) is 6.10 Å². The van der Waals surface area contributed by atoms with Gasteiger partial charge >= 0.3 is 0 Å². The molecule has 0 amide bonds. The van der Waals surface area contributed by atoms with Crippen LogP contribution in [0.15, 0.2) is 12.7 Å². The lowest BCUT2D eigenvalue weighted by Gasteiger charge is -2.40. The zero-order valence-electron chi connectivity index (χ0n) is 8.08. The topological polar surface area (TPSA) is 21.8 Å². The van der Waals surface area contributed by atoms with Gasteiger partial charge in [0.1, 0.15) is 25.7 Å². The number of nitrogens with zero attached hydrogens (tertiary/aromatic N) is 1. The normalized spacial score (nSPS) is 31.2. The Bertz CT molecular complexity index is 183. The van der Waals surface area contributed by atoms with Crippen molar-refractivity contribution in [3.63, 3.8) is 0 Å². The van der Waals surface area contributed by atoms with Gasteiger partial charge in [-0.25, -0.2) is 0 Å². The summed E-state index contributed by atoms with van der Waals surface area (Å²) in [4.78, 5) is 0. The van der Waals surface area contributed by atoms with E-state index in [0.29, 0.717) is 6.10 Å². The highest BCUT2D eigenvalue weighted by molar-refractivity contribution is 4.73. The van der Waals surface area contributed by atoms with E-state index < -0.39 is 0 Å². The minimum absolute atomic E-state index is 0.512. The standard InChI is InChI=1S/C10H18NO2/c1-2-3-11(8-10-9-13-10)4-6-12-7-5-11/h2,10H,1,3-9H2/q+1. The molecule has 74 valence electrons. The van der Waals surface area contributed by atoms with Crippen molar-refractivity contribution in [3.05, 3.63) is 12.7 Å². The first-order valence-electron chi connectivity index (χ1n) is 5.00. The molecule has 2 saturated heterocycles. The van der Waals surface area contributed by atoms with Crippen LogP contribution in [0.2, 0.25) is 0 Å². The molecule has 0 spiro atoms. The van der Waals surface area contributed by atoms with E-state index in [9.17, 15) is 0 Å². The number of ether oxygens (including phenoxy) is 2. The fraction of sp³-hybridized carbons (Fsp3) is 0.800. The van der Waals surface area contributed by atoms with E-state index in [0.717, 1.165) is 50.5 Å². The van der Waals surface area contributed by atoms with Gasteiger partial charge < -0.3 is 14.0 Å². The van der Waals surface area contributed by atoms with Crippen molar-refractivity contribution < 1.29 is 14.0 Å². The van der Waals surface area contributed by atoms with Crippen LogP contribution in [0.5, 0.6) is 0 Å². The average Bonchev–Trinajstić information content (AvgIpc) is 2.90. The van der Waals surface area contributed by atoms with Crippen LogP contribution in [0.4, 0.5) is 0 Å². The quantitative estimate of drug-likeness (QED) is 0.359. The van der Waals surface area contributed by atoms with E-state index in [1.165, 1.54) is 0 Å². The number of hydrogen-bond acceptors (Lipinski definition) is 2. The van der Waals surface area contributed by atoms with E-state index >= 15 is 0 Å². The van der Waals surface area contributed by atoms with Gasteiger partial charge in [-0.1, -0.05) is 6.58 Å². The Hall–Kier alpha value is -0.380. The van der Waals surface area contributed by atoms with Gasteiger partial charge in [-0.2, -0.15) is 0 Å². The smallest absolute Gasteiger partial charge is 0.130 e.